The fraction of sp³-hybridized carbons (Fsp3) is 0.267. The normalized spacial score (nSPS) is 14.4. The second kappa shape index (κ2) is 5.13. The summed E-state index contributed by atoms with van der Waals surface area (Å²) in [5, 5.41) is 4.08. The molecule has 2 nitrogen and oxygen atoms in total. The predicted octanol–water partition coefficient (Wildman–Crippen LogP) is 3.69. The van der Waals surface area contributed by atoms with Crippen molar-refractivity contribution in [2.75, 3.05) is 0 Å². The Bertz CT molecular complexity index is 560. The van der Waals surface area contributed by atoms with Gasteiger partial charge in [0.25, 0.3) is 5.91 Å². The van der Waals surface area contributed by atoms with Crippen LogP contribution in [0.3, 0.4) is 0 Å². The van der Waals surface area contributed by atoms with Crippen molar-refractivity contribution in [1.82, 2.24) is 4.90 Å². The summed E-state index contributed by atoms with van der Waals surface area (Å²) in [4.78, 5) is 14.4. The smallest absolute Gasteiger partial charge is 0.254 e. The maximum atomic E-state index is 12.9. The first kappa shape index (κ1) is 12.4. The van der Waals surface area contributed by atoms with Crippen LogP contribution in [-0.2, 0) is 6.54 Å². The van der Waals surface area contributed by atoms with Gasteiger partial charge in [-0.1, -0.05) is 0 Å². The third-order valence-corrected chi connectivity index (χ3v) is 4.00. The van der Waals surface area contributed by atoms with Crippen molar-refractivity contribution in [3.63, 3.8) is 0 Å². The minimum absolute atomic E-state index is 0.00583. The third kappa shape index (κ3) is 2.84. The molecule has 0 saturated heterocycles. The van der Waals surface area contributed by atoms with Gasteiger partial charge in [0.05, 0.1) is 0 Å². The Morgan fingerprint density at radius 2 is 2.00 bits per heavy atom. The molecule has 1 amide bonds. The second-order valence-corrected chi connectivity index (χ2v) is 5.58. The third-order valence-electron chi connectivity index (χ3n) is 3.27. The summed E-state index contributed by atoms with van der Waals surface area (Å²) >= 11 is 1.64. The number of amides is 1. The summed E-state index contributed by atoms with van der Waals surface area (Å²) in [6.07, 6.45) is 2.13. The summed E-state index contributed by atoms with van der Waals surface area (Å²) in [6, 6.07) is 8.17. The summed E-state index contributed by atoms with van der Waals surface area (Å²) in [5.41, 5.74) is 1.72. The first-order valence-corrected chi connectivity index (χ1v) is 7.26. The molecular weight excluding hydrogens is 261 g/mol. The molecule has 3 rings (SSSR count). The van der Waals surface area contributed by atoms with E-state index in [0.717, 1.165) is 18.4 Å². The molecule has 4 heteroatoms. The van der Waals surface area contributed by atoms with Crippen LogP contribution in [0, 0.1) is 5.82 Å². The maximum absolute atomic E-state index is 12.9. The van der Waals surface area contributed by atoms with E-state index in [9.17, 15) is 9.18 Å². The molecule has 0 bridgehead atoms. The first-order valence-electron chi connectivity index (χ1n) is 6.31. The quantitative estimate of drug-likeness (QED) is 0.833. The van der Waals surface area contributed by atoms with E-state index in [0.29, 0.717) is 18.2 Å². The molecule has 1 aliphatic rings. The number of nitrogens with zero attached hydrogens (tertiary/aromatic N) is 1. The molecule has 0 unspecified atom stereocenters. The number of thiophene rings is 1. The Balaban J connectivity index is 1.79. The Morgan fingerprint density at radius 3 is 2.58 bits per heavy atom. The van der Waals surface area contributed by atoms with Crippen LogP contribution in [0.5, 0.6) is 0 Å². The zero-order valence-electron chi connectivity index (χ0n) is 10.4. The van der Waals surface area contributed by atoms with Crippen molar-refractivity contribution in [3.8, 4) is 0 Å². The molecule has 0 spiro atoms. The van der Waals surface area contributed by atoms with E-state index >= 15 is 0 Å². The highest BCUT2D eigenvalue weighted by Gasteiger charge is 2.33. The summed E-state index contributed by atoms with van der Waals surface area (Å²) in [6.45, 7) is 0.643. The standard InChI is InChI=1S/C15H14FNOS/c16-13-3-1-12(2-4-13)15(18)17(14-5-6-14)9-11-7-8-19-10-11/h1-4,7-8,10,14H,5-6,9H2. The molecule has 1 heterocycles. The molecule has 1 aromatic heterocycles. The molecule has 1 aromatic carbocycles. The van der Waals surface area contributed by atoms with Crippen molar-refractivity contribution >= 4 is 17.2 Å². The molecule has 0 radical (unpaired) electrons. The van der Waals surface area contributed by atoms with Crippen LogP contribution < -0.4 is 0 Å². The number of rotatable bonds is 4. The largest absolute Gasteiger partial charge is 0.331 e. The fourth-order valence-electron chi connectivity index (χ4n) is 2.09. The van der Waals surface area contributed by atoms with Crippen LogP contribution in [0.2, 0.25) is 0 Å². The van der Waals surface area contributed by atoms with Crippen LogP contribution in [0.4, 0.5) is 4.39 Å². The van der Waals surface area contributed by atoms with Gasteiger partial charge in [-0.3, -0.25) is 4.79 Å². The van der Waals surface area contributed by atoms with Gasteiger partial charge in [-0.15, -0.1) is 0 Å². The van der Waals surface area contributed by atoms with Gasteiger partial charge in [0, 0.05) is 18.2 Å². The van der Waals surface area contributed by atoms with Crippen molar-refractivity contribution in [3.05, 3.63) is 58.0 Å². The minimum atomic E-state index is -0.313. The first-order chi connectivity index (χ1) is 9.24. The van der Waals surface area contributed by atoms with Gasteiger partial charge in [-0.2, -0.15) is 11.3 Å². The molecule has 2 aromatic rings. The lowest BCUT2D eigenvalue weighted by Crippen LogP contribution is -2.32. The topological polar surface area (TPSA) is 20.3 Å². The lowest BCUT2D eigenvalue weighted by atomic mass is 10.2. The number of halogens is 1. The van der Waals surface area contributed by atoms with Gasteiger partial charge in [-0.05, 0) is 59.5 Å². The molecule has 1 saturated carbocycles. The van der Waals surface area contributed by atoms with Crippen LogP contribution in [0.25, 0.3) is 0 Å². The van der Waals surface area contributed by atoms with E-state index in [1.165, 1.54) is 12.1 Å². The highest BCUT2D eigenvalue weighted by molar-refractivity contribution is 7.07. The lowest BCUT2D eigenvalue weighted by molar-refractivity contribution is 0.0730. The molecule has 19 heavy (non-hydrogen) atoms. The summed E-state index contributed by atoms with van der Waals surface area (Å²) in [5.74, 6) is -0.318. The number of benzene rings is 1. The maximum Gasteiger partial charge on any atom is 0.254 e. The van der Waals surface area contributed by atoms with E-state index in [2.05, 4.69) is 5.38 Å². The Kier molecular flexibility index (Phi) is 3.34. The molecule has 0 atom stereocenters. The minimum Gasteiger partial charge on any atom is -0.331 e. The second-order valence-electron chi connectivity index (χ2n) is 4.80. The SMILES string of the molecule is O=C(c1ccc(F)cc1)N(Cc1ccsc1)C1CC1. The van der Waals surface area contributed by atoms with Crippen LogP contribution >= 0.6 is 11.3 Å². The van der Waals surface area contributed by atoms with Gasteiger partial charge in [0.2, 0.25) is 0 Å². The lowest BCUT2D eigenvalue weighted by Gasteiger charge is -2.22. The molecular formula is C15H14FNOS. The molecule has 1 fully saturated rings. The highest BCUT2D eigenvalue weighted by Crippen LogP contribution is 2.30. The number of hydrogen-bond donors (Lipinski definition) is 0. The van der Waals surface area contributed by atoms with E-state index in [4.69, 9.17) is 0 Å². The monoisotopic (exact) mass is 275 g/mol. The highest BCUT2D eigenvalue weighted by atomic mass is 32.1. The zero-order valence-corrected chi connectivity index (χ0v) is 11.2. The Labute approximate surface area is 115 Å². The van der Waals surface area contributed by atoms with Gasteiger partial charge in [-0.25, -0.2) is 4.39 Å². The van der Waals surface area contributed by atoms with Gasteiger partial charge in [0.15, 0.2) is 0 Å². The van der Waals surface area contributed by atoms with Crippen LogP contribution in [-0.4, -0.2) is 16.8 Å². The number of hydrogen-bond acceptors (Lipinski definition) is 2. The van der Waals surface area contributed by atoms with Crippen molar-refractivity contribution in [2.24, 2.45) is 0 Å². The van der Waals surface area contributed by atoms with E-state index in [1.807, 2.05) is 16.3 Å². The number of carbonyl (C=O) groups is 1. The number of carbonyl (C=O) groups excluding carboxylic acids is 1. The van der Waals surface area contributed by atoms with Crippen molar-refractivity contribution < 1.29 is 9.18 Å². The zero-order chi connectivity index (χ0) is 13.2. The summed E-state index contributed by atoms with van der Waals surface area (Å²) < 4.78 is 12.9. The van der Waals surface area contributed by atoms with Gasteiger partial charge >= 0.3 is 0 Å². The average Bonchev–Trinajstić information content (AvgIpc) is 3.13. The van der Waals surface area contributed by atoms with Gasteiger partial charge in [0.1, 0.15) is 5.82 Å². The van der Waals surface area contributed by atoms with Crippen LogP contribution in [0.1, 0.15) is 28.8 Å². The molecule has 0 N–H and O–H groups in total. The molecule has 1 aliphatic carbocycles. The van der Waals surface area contributed by atoms with E-state index < -0.39 is 0 Å². The van der Waals surface area contributed by atoms with E-state index in [-0.39, 0.29) is 11.7 Å². The van der Waals surface area contributed by atoms with E-state index in [1.54, 1.807) is 23.5 Å². The Hall–Kier alpha value is -1.68. The summed E-state index contributed by atoms with van der Waals surface area (Å²) in [7, 11) is 0. The fourth-order valence-corrected chi connectivity index (χ4v) is 2.75. The van der Waals surface area contributed by atoms with Crippen LogP contribution in [0.15, 0.2) is 41.1 Å². The predicted molar refractivity (Wildman–Crippen MR) is 73.6 cm³/mol. The molecule has 0 aliphatic heterocycles. The average molecular weight is 275 g/mol. The van der Waals surface area contributed by atoms with Gasteiger partial charge < -0.3 is 4.90 Å². The Morgan fingerprint density at radius 1 is 1.26 bits per heavy atom. The van der Waals surface area contributed by atoms with Crippen molar-refractivity contribution in [1.29, 1.82) is 0 Å². The molecule has 98 valence electrons. The van der Waals surface area contributed by atoms with Crippen molar-refractivity contribution in [2.45, 2.75) is 25.4 Å².